The molecule has 0 aromatic heterocycles. The monoisotopic (exact) mass is 264 g/mol. The molecular weight excluding hydrogens is 244 g/mol. The van der Waals surface area contributed by atoms with Crippen LogP contribution in [0.3, 0.4) is 0 Å². The van der Waals surface area contributed by atoms with Gasteiger partial charge in [-0.2, -0.15) is 0 Å². The van der Waals surface area contributed by atoms with E-state index in [0.717, 1.165) is 35.6 Å². The molecule has 0 aliphatic heterocycles. The summed E-state index contributed by atoms with van der Waals surface area (Å²) in [6.45, 7) is 2.55. The lowest BCUT2D eigenvalue weighted by molar-refractivity contribution is -0.129. The summed E-state index contributed by atoms with van der Waals surface area (Å²) >= 11 is 1.74. The summed E-state index contributed by atoms with van der Waals surface area (Å²) in [6.07, 6.45) is 2.94. The Hall–Kier alpha value is -1.00. The molecule has 0 spiro atoms. The van der Waals surface area contributed by atoms with E-state index >= 15 is 0 Å². The van der Waals surface area contributed by atoms with Gasteiger partial charge in [-0.1, -0.05) is 25.5 Å². The van der Waals surface area contributed by atoms with Crippen molar-refractivity contribution in [1.82, 2.24) is 0 Å². The van der Waals surface area contributed by atoms with E-state index in [1.54, 1.807) is 11.8 Å². The summed E-state index contributed by atoms with van der Waals surface area (Å²) < 4.78 is 0. The first-order valence-corrected chi connectivity index (χ1v) is 7.44. The summed E-state index contributed by atoms with van der Waals surface area (Å²) in [6, 6.07) is 7.94. The molecule has 3 N–H and O–H groups in total. The van der Waals surface area contributed by atoms with Gasteiger partial charge in [0, 0.05) is 11.4 Å². The molecule has 1 amide bonds. The number of nitrogens with one attached hydrogen (secondary N) is 1. The van der Waals surface area contributed by atoms with E-state index in [1.165, 1.54) is 0 Å². The van der Waals surface area contributed by atoms with Gasteiger partial charge in [0.15, 0.2) is 0 Å². The molecule has 1 aliphatic carbocycles. The maximum absolute atomic E-state index is 12.3. The minimum atomic E-state index is -0.315. The first-order valence-electron chi connectivity index (χ1n) is 6.45. The lowest BCUT2D eigenvalue weighted by Gasteiger charge is -2.39. The topological polar surface area (TPSA) is 55.1 Å². The molecule has 0 saturated heterocycles. The number of para-hydroxylation sites is 1. The van der Waals surface area contributed by atoms with Crippen molar-refractivity contribution in [3.05, 3.63) is 24.3 Å². The van der Waals surface area contributed by atoms with Crippen LogP contribution < -0.4 is 11.1 Å². The molecule has 18 heavy (non-hydrogen) atoms. The van der Waals surface area contributed by atoms with Crippen LogP contribution in [-0.2, 0) is 4.79 Å². The van der Waals surface area contributed by atoms with Crippen LogP contribution in [0.2, 0.25) is 0 Å². The largest absolute Gasteiger partial charge is 0.329 e. The van der Waals surface area contributed by atoms with Crippen molar-refractivity contribution in [3.63, 3.8) is 0 Å². The van der Waals surface area contributed by atoms with Gasteiger partial charge in [0.25, 0.3) is 0 Å². The molecule has 3 nitrogen and oxygen atoms in total. The Morgan fingerprint density at radius 3 is 2.72 bits per heavy atom. The van der Waals surface area contributed by atoms with E-state index in [-0.39, 0.29) is 11.3 Å². The zero-order chi connectivity index (χ0) is 13.0. The van der Waals surface area contributed by atoms with Gasteiger partial charge in [-0.05, 0) is 30.7 Å². The Bertz CT molecular complexity index is 424. The van der Waals surface area contributed by atoms with Gasteiger partial charge < -0.3 is 11.1 Å². The van der Waals surface area contributed by atoms with Crippen molar-refractivity contribution in [3.8, 4) is 0 Å². The Labute approximate surface area is 113 Å². The minimum Gasteiger partial charge on any atom is -0.329 e. The smallest absolute Gasteiger partial charge is 0.231 e. The number of benzene rings is 1. The van der Waals surface area contributed by atoms with Gasteiger partial charge >= 0.3 is 0 Å². The number of hydrogen-bond acceptors (Lipinski definition) is 3. The van der Waals surface area contributed by atoms with E-state index in [1.807, 2.05) is 24.3 Å². The highest BCUT2D eigenvalue weighted by atomic mass is 32.2. The predicted octanol–water partition coefficient (Wildman–Crippen LogP) is 2.87. The van der Waals surface area contributed by atoms with Crippen molar-refractivity contribution in [1.29, 1.82) is 0 Å². The van der Waals surface area contributed by atoms with Crippen LogP contribution in [0.5, 0.6) is 0 Å². The number of carbonyl (C=O) groups excluding carboxylic acids is 1. The third-order valence-corrected chi connectivity index (χ3v) is 4.57. The molecule has 0 heterocycles. The summed E-state index contributed by atoms with van der Waals surface area (Å²) in [7, 11) is 0. The quantitative estimate of drug-likeness (QED) is 0.804. The number of carbonyl (C=O) groups is 1. The minimum absolute atomic E-state index is 0.0837. The second kappa shape index (κ2) is 5.76. The molecule has 0 radical (unpaired) electrons. The van der Waals surface area contributed by atoms with Crippen LogP contribution in [-0.4, -0.2) is 18.2 Å². The van der Waals surface area contributed by atoms with Crippen molar-refractivity contribution in [2.75, 3.05) is 17.6 Å². The van der Waals surface area contributed by atoms with Crippen LogP contribution in [0.1, 0.15) is 26.2 Å². The van der Waals surface area contributed by atoms with Crippen LogP contribution >= 0.6 is 11.8 Å². The Balaban J connectivity index is 2.11. The number of hydrogen-bond donors (Lipinski definition) is 2. The highest BCUT2D eigenvalue weighted by molar-refractivity contribution is 7.99. The fraction of sp³-hybridized carbons (Fsp3) is 0.500. The fourth-order valence-corrected chi connectivity index (χ4v) is 2.99. The molecule has 4 heteroatoms. The average molecular weight is 264 g/mol. The maximum Gasteiger partial charge on any atom is 0.231 e. The van der Waals surface area contributed by atoms with Gasteiger partial charge in [-0.25, -0.2) is 0 Å². The van der Waals surface area contributed by atoms with Gasteiger partial charge in [-0.15, -0.1) is 11.8 Å². The first-order chi connectivity index (χ1) is 8.72. The summed E-state index contributed by atoms with van der Waals surface area (Å²) in [5.41, 5.74) is 6.35. The number of amides is 1. The molecule has 1 aromatic rings. The standard InChI is InChI=1S/C14H20N2OS/c1-2-18-12-7-4-3-6-11(12)16-13(17)14(10-15)8-5-9-14/h3-4,6-7H,2,5,8-10,15H2,1H3,(H,16,17). The molecule has 0 bridgehead atoms. The summed E-state index contributed by atoms with van der Waals surface area (Å²) in [5.74, 6) is 1.08. The zero-order valence-corrected chi connectivity index (χ0v) is 11.6. The molecule has 98 valence electrons. The lowest BCUT2D eigenvalue weighted by Crippen LogP contribution is -2.47. The lowest BCUT2D eigenvalue weighted by atomic mass is 9.68. The van der Waals surface area contributed by atoms with Crippen LogP contribution in [0.4, 0.5) is 5.69 Å². The van der Waals surface area contributed by atoms with Gasteiger partial charge in [0.05, 0.1) is 11.1 Å². The second-order valence-electron chi connectivity index (χ2n) is 4.72. The van der Waals surface area contributed by atoms with Crippen molar-refractivity contribution in [2.24, 2.45) is 11.1 Å². The van der Waals surface area contributed by atoms with Crippen molar-refractivity contribution < 1.29 is 4.79 Å². The summed E-state index contributed by atoms with van der Waals surface area (Å²) in [5, 5.41) is 3.05. The van der Waals surface area contributed by atoms with Gasteiger partial charge in [0.2, 0.25) is 5.91 Å². The summed E-state index contributed by atoms with van der Waals surface area (Å²) in [4.78, 5) is 13.4. The molecule has 1 aromatic carbocycles. The number of anilines is 1. The zero-order valence-electron chi connectivity index (χ0n) is 10.7. The molecule has 0 atom stereocenters. The van der Waals surface area contributed by atoms with Crippen LogP contribution in [0.15, 0.2) is 29.2 Å². The molecule has 1 fully saturated rings. The van der Waals surface area contributed by atoms with Gasteiger partial charge in [-0.3, -0.25) is 4.79 Å². The third-order valence-electron chi connectivity index (χ3n) is 3.62. The predicted molar refractivity (Wildman–Crippen MR) is 76.8 cm³/mol. The highest BCUT2D eigenvalue weighted by Crippen LogP contribution is 2.41. The van der Waals surface area contributed by atoms with Crippen molar-refractivity contribution >= 4 is 23.4 Å². The maximum atomic E-state index is 12.3. The Morgan fingerprint density at radius 2 is 2.17 bits per heavy atom. The van der Waals surface area contributed by atoms with E-state index in [0.29, 0.717) is 6.54 Å². The fourth-order valence-electron chi connectivity index (χ4n) is 2.23. The SMILES string of the molecule is CCSc1ccccc1NC(=O)C1(CN)CCC1. The highest BCUT2D eigenvalue weighted by Gasteiger charge is 2.42. The number of thioether (sulfide) groups is 1. The van der Waals surface area contributed by atoms with Crippen LogP contribution in [0.25, 0.3) is 0 Å². The second-order valence-corrected chi connectivity index (χ2v) is 6.03. The van der Waals surface area contributed by atoms with Crippen molar-refractivity contribution in [2.45, 2.75) is 31.1 Å². The molecular formula is C14H20N2OS. The Kier molecular flexibility index (Phi) is 4.30. The molecule has 2 rings (SSSR count). The average Bonchev–Trinajstić information content (AvgIpc) is 2.31. The molecule has 1 aliphatic rings. The first kappa shape index (κ1) is 13.4. The van der Waals surface area contributed by atoms with E-state index in [9.17, 15) is 4.79 Å². The number of rotatable bonds is 5. The third kappa shape index (κ3) is 2.54. The normalized spacial score (nSPS) is 17.0. The van der Waals surface area contributed by atoms with E-state index in [4.69, 9.17) is 5.73 Å². The van der Waals surface area contributed by atoms with E-state index < -0.39 is 0 Å². The Morgan fingerprint density at radius 1 is 1.44 bits per heavy atom. The van der Waals surface area contributed by atoms with Crippen LogP contribution in [0, 0.1) is 5.41 Å². The molecule has 0 unspecified atom stereocenters. The molecule has 1 saturated carbocycles. The van der Waals surface area contributed by atoms with E-state index in [2.05, 4.69) is 12.2 Å². The van der Waals surface area contributed by atoms with Gasteiger partial charge in [0.1, 0.15) is 0 Å². The number of nitrogens with two attached hydrogens (primary N) is 1.